The van der Waals surface area contributed by atoms with Crippen molar-refractivity contribution in [2.45, 2.75) is 31.5 Å². The Kier molecular flexibility index (Phi) is 5.04. The third-order valence-electron chi connectivity index (χ3n) is 5.43. The van der Waals surface area contributed by atoms with Gasteiger partial charge in [0, 0.05) is 23.1 Å². The lowest BCUT2D eigenvalue weighted by Gasteiger charge is -2.33. The number of carbonyl (C=O) groups excluding carboxylic acids is 1. The standard InChI is InChI=1S/C21H18BrF3N2O/c22-15-6-5-14-12-26-19(17(14)11-15)20(28)27-9-7-13(8-10-27)16-3-1-2-4-18(16)21(23,24)25/h1-6,11,13H,7-10,12H2. The maximum atomic E-state index is 13.3. The summed E-state index contributed by atoms with van der Waals surface area (Å²) >= 11 is 3.42. The Morgan fingerprint density at radius 1 is 1.11 bits per heavy atom. The maximum absolute atomic E-state index is 13.3. The van der Waals surface area contributed by atoms with Crippen LogP contribution >= 0.6 is 15.9 Å². The summed E-state index contributed by atoms with van der Waals surface area (Å²) in [6.45, 7) is 1.34. The van der Waals surface area contributed by atoms with Gasteiger partial charge in [0.2, 0.25) is 0 Å². The van der Waals surface area contributed by atoms with E-state index in [1.165, 1.54) is 6.07 Å². The molecule has 1 fully saturated rings. The molecular weight excluding hydrogens is 433 g/mol. The van der Waals surface area contributed by atoms with Gasteiger partial charge in [0.15, 0.2) is 0 Å². The van der Waals surface area contributed by atoms with Gasteiger partial charge in [-0.3, -0.25) is 9.79 Å². The minimum atomic E-state index is -4.36. The first-order valence-electron chi connectivity index (χ1n) is 9.13. The molecule has 0 aromatic heterocycles. The normalized spacial score (nSPS) is 17.4. The molecule has 0 atom stereocenters. The predicted octanol–water partition coefficient (Wildman–Crippen LogP) is 5.18. The van der Waals surface area contributed by atoms with Crippen LogP contribution in [-0.4, -0.2) is 29.6 Å². The van der Waals surface area contributed by atoms with E-state index in [4.69, 9.17) is 0 Å². The zero-order valence-corrected chi connectivity index (χ0v) is 16.6. The van der Waals surface area contributed by atoms with Crippen LogP contribution in [0.1, 0.15) is 41.0 Å². The van der Waals surface area contributed by atoms with Crippen molar-refractivity contribution in [3.8, 4) is 0 Å². The molecule has 0 spiro atoms. The first-order valence-corrected chi connectivity index (χ1v) is 9.92. The van der Waals surface area contributed by atoms with Crippen LogP contribution in [0.25, 0.3) is 0 Å². The van der Waals surface area contributed by atoms with Gasteiger partial charge < -0.3 is 4.90 Å². The highest BCUT2D eigenvalue weighted by molar-refractivity contribution is 9.10. The van der Waals surface area contributed by atoms with E-state index in [0.717, 1.165) is 21.7 Å². The lowest BCUT2D eigenvalue weighted by Crippen LogP contribution is -2.42. The SMILES string of the molecule is O=C(C1=NCc2ccc(Br)cc21)N1CCC(c2ccccc2C(F)(F)F)CC1. The van der Waals surface area contributed by atoms with Crippen LogP contribution in [0, 0.1) is 0 Å². The number of aliphatic imine (C=N–C) groups is 1. The van der Waals surface area contributed by atoms with Gasteiger partial charge in [-0.05, 0) is 48.1 Å². The van der Waals surface area contributed by atoms with Crippen LogP contribution in [0.4, 0.5) is 13.2 Å². The number of piperidine rings is 1. The number of alkyl halides is 3. The van der Waals surface area contributed by atoms with Crippen molar-refractivity contribution in [3.05, 3.63) is 69.2 Å². The third-order valence-corrected chi connectivity index (χ3v) is 5.92. The molecule has 0 radical (unpaired) electrons. The van der Waals surface area contributed by atoms with E-state index in [1.807, 2.05) is 18.2 Å². The van der Waals surface area contributed by atoms with Gasteiger partial charge in [0.05, 0.1) is 12.1 Å². The van der Waals surface area contributed by atoms with E-state index in [2.05, 4.69) is 20.9 Å². The van der Waals surface area contributed by atoms with Crippen LogP contribution < -0.4 is 0 Å². The highest BCUT2D eigenvalue weighted by Crippen LogP contribution is 2.38. The van der Waals surface area contributed by atoms with Gasteiger partial charge >= 0.3 is 6.18 Å². The number of amides is 1. The maximum Gasteiger partial charge on any atom is 0.416 e. The predicted molar refractivity (Wildman–Crippen MR) is 104 cm³/mol. The molecule has 0 aliphatic carbocycles. The number of rotatable bonds is 2. The summed E-state index contributed by atoms with van der Waals surface area (Å²) in [5.41, 5.74) is 2.06. The number of hydrogen-bond acceptors (Lipinski definition) is 2. The fourth-order valence-corrected chi connectivity index (χ4v) is 4.35. The van der Waals surface area contributed by atoms with Crippen LogP contribution in [0.2, 0.25) is 0 Å². The Morgan fingerprint density at radius 2 is 1.82 bits per heavy atom. The molecule has 2 heterocycles. The number of halogens is 4. The van der Waals surface area contributed by atoms with Crippen molar-refractivity contribution in [1.29, 1.82) is 0 Å². The molecule has 2 aliphatic heterocycles. The summed E-state index contributed by atoms with van der Waals surface area (Å²) in [7, 11) is 0. The second kappa shape index (κ2) is 7.35. The topological polar surface area (TPSA) is 32.7 Å². The monoisotopic (exact) mass is 450 g/mol. The zero-order valence-electron chi connectivity index (χ0n) is 15.0. The minimum absolute atomic E-state index is 0.139. The number of nitrogens with zero attached hydrogens (tertiary/aromatic N) is 2. The molecule has 2 aromatic carbocycles. The van der Waals surface area contributed by atoms with Crippen molar-refractivity contribution in [1.82, 2.24) is 4.90 Å². The van der Waals surface area contributed by atoms with Crippen molar-refractivity contribution >= 4 is 27.5 Å². The van der Waals surface area contributed by atoms with Crippen LogP contribution in [0.15, 0.2) is 51.9 Å². The van der Waals surface area contributed by atoms with Gasteiger partial charge in [0.1, 0.15) is 5.71 Å². The summed E-state index contributed by atoms with van der Waals surface area (Å²) in [5, 5.41) is 0. The van der Waals surface area contributed by atoms with Crippen LogP contribution in [0.5, 0.6) is 0 Å². The molecule has 4 rings (SSSR count). The molecule has 28 heavy (non-hydrogen) atoms. The molecule has 1 amide bonds. The number of carbonyl (C=O) groups is 1. The van der Waals surface area contributed by atoms with Crippen molar-refractivity contribution in [2.24, 2.45) is 4.99 Å². The van der Waals surface area contributed by atoms with Gasteiger partial charge in [0.25, 0.3) is 5.91 Å². The van der Waals surface area contributed by atoms with E-state index < -0.39 is 11.7 Å². The summed E-state index contributed by atoms with van der Waals surface area (Å²) < 4.78 is 40.8. The van der Waals surface area contributed by atoms with Gasteiger partial charge in [-0.1, -0.05) is 40.2 Å². The Bertz CT molecular complexity index is 947. The highest BCUT2D eigenvalue weighted by Gasteiger charge is 2.36. The minimum Gasteiger partial charge on any atom is -0.337 e. The molecule has 0 bridgehead atoms. The molecule has 3 nitrogen and oxygen atoms in total. The van der Waals surface area contributed by atoms with Crippen LogP contribution in [-0.2, 0) is 17.5 Å². The molecule has 2 aromatic rings. The molecule has 146 valence electrons. The Morgan fingerprint density at radius 3 is 2.54 bits per heavy atom. The molecule has 1 saturated heterocycles. The van der Waals surface area contributed by atoms with Gasteiger partial charge in [-0.15, -0.1) is 0 Å². The summed E-state index contributed by atoms with van der Waals surface area (Å²) in [6, 6.07) is 11.5. The Hall–Kier alpha value is -2.15. The summed E-state index contributed by atoms with van der Waals surface area (Å²) in [6.07, 6.45) is -3.34. The number of likely N-dealkylation sites (tertiary alicyclic amines) is 1. The Labute approximate surface area is 169 Å². The first-order chi connectivity index (χ1) is 13.3. The fraction of sp³-hybridized carbons (Fsp3) is 0.333. The van der Waals surface area contributed by atoms with Crippen molar-refractivity contribution in [2.75, 3.05) is 13.1 Å². The molecule has 0 saturated carbocycles. The van der Waals surface area contributed by atoms with E-state index in [1.54, 1.807) is 17.0 Å². The second-order valence-electron chi connectivity index (χ2n) is 7.12. The lowest BCUT2D eigenvalue weighted by atomic mass is 9.86. The van der Waals surface area contributed by atoms with Crippen LogP contribution in [0.3, 0.4) is 0 Å². The van der Waals surface area contributed by atoms with E-state index >= 15 is 0 Å². The van der Waals surface area contributed by atoms with Crippen molar-refractivity contribution < 1.29 is 18.0 Å². The lowest BCUT2D eigenvalue weighted by molar-refractivity contribution is -0.138. The average Bonchev–Trinajstić information content (AvgIpc) is 3.10. The number of benzene rings is 2. The quantitative estimate of drug-likeness (QED) is 0.620. The fourth-order valence-electron chi connectivity index (χ4n) is 3.99. The van der Waals surface area contributed by atoms with E-state index in [-0.39, 0.29) is 11.8 Å². The van der Waals surface area contributed by atoms with Gasteiger partial charge in [-0.2, -0.15) is 13.2 Å². The van der Waals surface area contributed by atoms with E-state index in [0.29, 0.717) is 43.8 Å². The van der Waals surface area contributed by atoms with E-state index in [9.17, 15) is 18.0 Å². The molecular formula is C21H18BrF3N2O. The molecule has 0 unspecified atom stereocenters. The molecule has 7 heteroatoms. The average molecular weight is 451 g/mol. The molecule has 0 N–H and O–H groups in total. The van der Waals surface area contributed by atoms with Gasteiger partial charge in [-0.25, -0.2) is 0 Å². The van der Waals surface area contributed by atoms with Crippen molar-refractivity contribution in [3.63, 3.8) is 0 Å². The first kappa shape index (κ1) is 19.2. The number of fused-ring (bicyclic) bond motifs is 1. The second-order valence-corrected chi connectivity index (χ2v) is 8.03. The Balaban J connectivity index is 1.48. The largest absolute Gasteiger partial charge is 0.416 e. The zero-order chi connectivity index (χ0) is 19.9. The summed E-state index contributed by atoms with van der Waals surface area (Å²) in [4.78, 5) is 19.1. The smallest absolute Gasteiger partial charge is 0.337 e. The molecule has 2 aliphatic rings. The third kappa shape index (κ3) is 3.60. The highest BCUT2D eigenvalue weighted by atomic mass is 79.9. The summed E-state index contributed by atoms with van der Waals surface area (Å²) in [5.74, 6) is -0.340. The number of hydrogen-bond donors (Lipinski definition) is 0.